The summed E-state index contributed by atoms with van der Waals surface area (Å²) in [5.74, 6) is 0.469. The summed E-state index contributed by atoms with van der Waals surface area (Å²) >= 11 is 0. The molecule has 1 fully saturated rings. The summed E-state index contributed by atoms with van der Waals surface area (Å²) in [6.07, 6.45) is 0. The summed E-state index contributed by atoms with van der Waals surface area (Å²) in [5.41, 5.74) is -0.719. The molecule has 7 heteroatoms. The highest BCUT2D eigenvalue weighted by Gasteiger charge is 2.09. The van der Waals surface area contributed by atoms with Gasteiger partial charge >= 0.3 is 5.69 Å². The first-order valence-electron chi connectivity index (χ1n) is 6.01. The zero-order valence-electron chi connectivity index (χ0n) is 10.4. The molecule has 0 aliphatic carbocycles. The minimum atomic E-state index is -0.406. The Balaban J connectivity index is 1.86. The lowest BCUT2D eigenvalue weighted by Crippen LogP contribution is -2.39. The average Bonchev–Trinajstić information content (AvgIpc) is 2.37. The fourth-order valence-corrected chi connectivity index (χ4v) is 1.82. The third-order valence-electron chi connectivity index (χ3n) is 2.99. The van der Waals surface area contributed by atoms with Crippen LogP contribution < -0.4 is 16.6 Å². The molecule has 1 aromatic rings. The molecule has 0 spiro atoms. The molecule has 0 radical (unpaired) electrons. The van der Waals surface area contributed by atoms with Gasteiger partial charge in [-0.25, -0.2) is 4.79 Å². The molecular weight excluding hydrogens is 236 g/mol. The van der Waals surface area contributed by atoms with E-state index in [0.29, 0.717) is 12.4 Å². The SMILES string of the molecule is Cn1c(=O)cc(NCCN2CCOCC2)[nH]c1=O. The Hall–Kier alpha value is -1.60. The van der Waals surface area contributed by atoms with Gasteiger partial charge in [0.05, 0.1) is 13.2 Å². The van der Waals surface area contributed by atoms with Gasteiger partial charge in [-0.05, 0) is 0 Å². The Kier molecular flexibility index (Phi) is 4.16. The first-order valence-corrected chi connectivity index (χ1v) is 6.01. The molecular formula is C11H18N4O3. The molecule has 18 heavy (non-hydrogen) atoms. The number of ether oxygens (including phenoxy) is 1. The van der Waals surface area contributed by atoms with Crippen LogP contribution >= 0.6 is 0 Å². The molecule has 2 rings (SSSR count). The van der Waals surface area contributed by atoms with E-state index in [2.05, 4.69) is 15.2 Å². The molecule has 1 aromatic heterocycles. The Bertz CT molecular complexity index is 470. The quantitative estimate of drug-likeness (QED) is 0.707. The predicted octanol–water partition coefficient (Wildman–Crippen LogP) is -1.18. The van der Waals surface area contributed by atoms with Crippen molar-refractivity contribution < 1.29 is 4.74 Å². The summed E-state index contributed by atoms with van der Waals surface area (Å²) < 4.78 is 6.29. The van der Waals surface area contributed by atoms with E-state index in [4.69, 9.17) is 4.74 Å². The number of morpholine rings is 1. The van der Waals surface area contributed by atoms with E-state index in [1.165, 1.54) is 13.1 Å². The van der Waals surface area contributed by atoms with E-state index in [-0.39, 0.29) is 5.56 Å². The highest BCUT2D eigenvalue weighted by atomic mass is 16.5. The maximum atomic E-state index is 11.4. The van der Waals surface area contributed by atoms with Gasteiger partial charge in [-0.2, -0.15) is 0 Å². The van der Waals surface area contributed by atoms with Crippen molar-refractivity contribution in [3.8, 4) is 0 Å². The first-order chi connectivity index (χ1) is 8.66. The van der Waals surface area contributed by atoms with E-state index < -0.39 is 5.69 Å². The topological polar surface area (TPSA) is 79.4 Å². The monoisotopic (exact) mass is 254 g/mol. The molecule has 0 saturated carbocycles. The summed E-state index contributed by atoms with van der Waals surface area (Å²) in [7, 11) is 1.44. The minimum Gasteiger partial charge on any atom is -0.379 e. The number of H-pyrrole nitrogens is 1. The number of nitrogens with one attached hydrogen (secondary N) is 2. The second-order valence-electron chi connectivity index (χ2n) is 4.27. The number of aromatic amines is 1. The van der Waals surface area contributed by atoms with Crippen LogP contribution in [0.2, 0.25) is 0 Å². The molecule has 1 aliphatic rings. The molecule has 0 amide bonds. The maximum absolute atomic E-state index is 11.4. The molecule has 7 nitrogen and oxygen atoms in total. The number of anilines is 1. The Morgan fingerprint density at radius 2 is 2.11 bits per heavy atom. The van der Waals surface area contributed by atoms with Gasteiger partial charge in [0.15, 0.2) is 0 Å². The van der Waals surface area contributed by atoms with Crippen LogP contribution in [-0.4, -0.2) is 53.8 Å². The molecule has 100 valence electrons. The predicted molar refractivity (Wildman–Crippen MR) is 68.1 cm³/mol. The number of hydrogen-bond acceptors (Lipinski definition) is 5. The summed E-state index contributed by atoms with van der Waals surface area (Å²) in [6, 6.07) is 1.39. The largest absolute Gasteiger partial charge is 0.379 e. The van der Waals surface area contributed by atoms with Crippen molar-refractivity contribution in [2.75, 3.05) is 44.7 Å². The van der Waals surface area contributed by atoms with Crippen LogP contribution in [0.5, 0.6) is 0 Å². The van der Waals surface area contributed by atoms with Crippen LogP contribution in [0.4, 0.5) is 5.82 Å². The normalized spacial score (nSPS) is 16.7. The van der Waals surface area contributed by atoms with Gasteiger partial charge in [-0.1, -0.05) is 0 Å². The Morgan fingerprint density at radius 1 is 1.39 bits per heavy atom. The maximum Gasteiger partial charge on any atom is 0.329 e. The lowest BCUT2D eigenvalue weighted by Gasteiger charge is -2.26. The van der Waals surface area contributed by atoms with Gasteiger partial charge in [0.2, 0.25) is 0 Å². The summed E-state index contributed by atoms with van der Waals surface area (Å²) in [5, 5.41) is 3.05. The van der Waals surface area contributed by atoms with Gasteiger partial charge in [0.25, 0.3) is 5.56 Å². The van der Waals surface area contributed by atoms with Gasteiger partial charge in [0.1, 0.15) is 5.82 Å². The number of nitrogens with zero attached hydrogens (tertiary/aromatic N) is 2. The third kappa shape index (κ3) is 3.21. The van der Waals surface area contributed by atoms with Crippen molar-refractivity contribution in [2.45, 2.75) is 0 Å². The van der Waals surface area contributed by atoms with Crippen molar-refractivity contribution in [1.82, 2.24) is 14.5 Å². The smallest absolute Gasteiger partial charge is 0.329 e. The molecule has 0 aromatic carbocycles. The van der Waals surface area contributed by atoms with Gasteiger partial charge < -0.3 is 10.1 Å². The summed E-state index contributed by atoms with van der Waals surface area (Å²) in [4.78, 5) is 27.6. The van der Waals surface area contributed by atoms with Crippen LogP contribution in [0.25, 0.3) is 0 Å². The van der Waals surface area contributed by atoms with Crippen LogP contribution in [0, 0.1) is 0 Å². The Morgan fingerprint density at radius 3 is 2.78 bits per heavy atom. The van der Waals surface area contributed by atoms with Gasteiger partial charge in [-0.3, -0.25) is 19.2 Å². The van der Waals surface area contributed by atoms with E-state index in [1.807, 2.05) is 0 Å². The summed E-state index contributed by atoms with van der Waals surface area (Å²) in [6.45, 7) is 4.93. The number of rotatable bonds is 4. The standard InChI is InChI=1S/C11H18N4O3/c1-14-10(16)8-9(13-11(14)17)12-2-3-15-4-6-18-7-5-15/h8,12H,2-7H2,1H3,(H,13,17). The lowest BCUT2D eigenvalue weighted by molar-refractivity contribution is 0.0398. The fourth-order valence-electron chi connectivity index (χ4n) is 1.82. The second kappa shape index (κ2) is 5.83. The first kappa shape index (κ1) is 12.8. The zero-order chi connectivity index (χ0) is 13.0. The van der Waals surface area contributed by atoms with E-state index in [0.717, 1.165) is 37.4 Å². The molecule has 2 heterocycles. The van der Waals surface area contributed by atoms with E-state index in [1.54, 1.807) is 0 Å². The Labute approximate surface area is 104 Å². The molecule has 2 N–H and O–H groups in total. The fraction of sp³-hybridized carbons (Fsp3) is 0.636. The van der Waals surface area contributed by atoms with E-state index in [9.17, 15) is 9.59 Å². The van der Waals surface area contributed by atoms with Crippen LogP contribution in [0.3, 0.4) is 0 Å². The molecule has 0 atom stereocenters. The lowest BCUT2D eigenvalue weighted by atomic mass is 10.4. The van der Waals surface area contributed by atoms with Gasteiger partial charge in [0, 0.05) is 39.3 Å². The highest BCUT2D eigenvalue weighted by Crippen LogP contribution is 1.97. The van der Waals surface area contributed by atoms with Gasteiger partial charge in [-0.15, -0.1) is 0 Å². The number of hydrogen-bond donors (Lipinski definition) is 2. The highest BCUT2D eigenvalue weighted by molar-refractivity contribution is 5.31. The van der Waals surface area contributed by atoms with Crippen molar-refractivity contribution in [2.24, 2.45) is 7.05 Å². The average molecular weight is 254 g/mol. The molecule has 0 bridgehead atoms. The van der Waals surface area contributed by atoms with Crippen LogP contribution in [0.15, 0.2) is 15.7 Å². The third-order valence-corrected chi connectivity index (χ3v) is 2.99. The van der Waals surface area contributed by atoms with Crippen molar-refractivity contribution >= 4 is 5.82 Å². The van der Waals surface area contributed by atoms with Crippen LogP contribution in [-0.2, 0) is 11.8 Å². The van der Waals surface area contributed by atoms with E-state index >= 15 is 0 Å². The zero-order valence-corrected chi connectivity index (χ0v) is 10.4. The minimum absolute atomic E-state index is 0.312. The molecule has 1 saturated heterocycles. The molecule has 1 aliphatic heterocycles. The van der Waals surface area contributed by atoms with Crippen molar-refractivity contribution in [3.05, 3.63) is 26.9 Å². The molecule has 0 unspecified atom stereocenters. The van der Waals surface area contributed by atoms with Crippen molar-refractivity contribution in [3.63, 3.8) is 0 Å². The van der Waals surface area contributed by atoms with Crippen LogP contribution in [0.1, 0.15) is 0 Å². The number of aromatic nitrogens is 2. The second-order valence-corrected chi connectivity index (χ2v) is 4.27. The van der Waals surface area contributed by atoms with Crippen molar-refractivity contribution in [1.29, 1.82) is 0 Å².